The van der Waals surface area contributed by atoms with Crippen molar-refractivity contribution in [2.45, 2.75) is 38.8 Å². The van der Waals surface area contributed by atoms with E-state index in [0.29, 0.717) is 13.2 Å². The Morgan fingerprint density at radius 1 is 1.43 bits per heavy atom. The molecule has 21 heavy (non-hydrogen) atoms. The molecule has 1 unspecified atom stereocenters. The van der Waals surface area contributed by atoms with Crippen molar-refractivity contribution in [3.05, 3.63) is 24.2 Å². The van der Waals surface area contributed by atoms with Crippen LogP contribution in [-0.2, 0) is 20.7 Å². The molecule has 0 N–H and O–H groups in total. The number of Topliss-reactive ketones (excluding diaryl/α,β-unsaturated/α-hetero) is 1. The highest BCUT2D eigenvalue weighted by atomic mass is 16.6. The van der Waals surface area contributed by atoms with Crippen LogP contribution in [-0.4, -0.2) is 48.2 Å². The van der Waals surface area contributed by atoms with Crippen molar-refractivity contribution in [2.75, 3.05) is 19.8 Å². The van der Waals surface area contributed by atoms with Crippen LogP contribution in [0.5, 0.6) is 0 Å². The third-order valence-corrected chi connectivity index (χ3v) is 3.09. The first-order valence-electron chi connectivity index (χ1n) is 6.98. The second kappa shape index (κ2) is 6.30. The maximum atomic E-state index is 12.4. The second-order valence-corrected chi connectivity index (χ2v) is 6.04. The number of carbonyl (C=O) groups is 2. The van der Waals surface area contributed by atoms with E-state index in [9.17, 15) is 9.59 Å². The van der Waals surface area contributed by atoms with Gasteiger partial charge in [-0.15, -0.1) is 0 Å². The molecule has 1 amide bonds. The van der Waals surface area contributed by atoms with Gasteiger partial charge in [-0.25, -0.2) is 4.79 Å². The molecule has 1 atom stereocenters. The van der Waals surface area contributed by atoms with Crippen LogP contribution in [0.25, 0.3) is 0 Å². The number of carbonyl (C=O) groups excluding carboxylic acids is 2. The molecule has 116 valence electrons. The van der Waals surface area contributed by atoms with E-state index >= 15 is 0 Å². The Morgan fingerprint density at radius 3 is 2.81 bits per heavy atom. The van der Waals surface area contributed by atoms with Gasteiger partial charge in [-0.1, -0.05) is 0 Å². The van der Waals surface area contributed by atoms with Crippen LogP contribution in [0.15, 0.2) is 23.0 Å². The number of ketones is 1. The summed E-state index contributed by atoms with van der Waals surface area (Å²) in [7, 11) is 0. The predicted octanol–water partition coefficient (Wildman–Crippen LogP) is 2.03. The lowest BCUT2D eigenvalue weighted by molar-refractivity contribution is -0.129. The molecule has 1 aromatic heterocycles. The molecule has 1 aromatic rings. The van der Waals surface area contributed by atoms with E-state index in [-0.39, 0.29) is 18.8 Å². The molecule has 6 heteroatoms. The van der Waals surface area contributed by atoms with Crippen molar-refractivity contribution in [3.8, 4) is 0 Å². The molecule has 1 aliphatic rings. The van der Waals surface area contributed by atoms with Gasteiger partial charge in [0.25, 0.3) is 0 Å². The summed E-state index contributed by atoms with van der Waals surface area (Å²) in [5, 5.41) is 0. The monoisotopic (exact) mass is 295 g/mol. The van der Waals surface area contributed by atoms with Gasteiger partial charge in [0.05, 0.1) is 25.7 Å². The Balaban J connectivity index is 2.04. The number of ether oxygens (including phenoxy) is 2. The summed E-state index contributed by atoms with van der Waals surface area (Å²) in [5.74, 6) is -0.0815. The molecule has 0 bridgehead atoms. The third-order valence-electron chi connectivity index (χ3n) is 3.09. The van der Waals surface area contributed by atoms with Gasteiger partial charge in [-0.2, -0.15) is 0 Å². The van der Waals surface area contributed by atoms with Crippen molar-refractivity contribution >= 4 is 11.9 Å². The van der Waals surface area contributed by atoms with Crippen molar-refractivity contribution in [2.24, 2.45) is 0 Å². The number of rotatable bonds is 3. The zero-order valence-corrected chi connectivity index (χ0v) is 12.6. The Bertz CT molecular complexity index is 489. The molecule has 0 saturated carbocycles. The highest BCUT2D eigenvalue weighted by molar-refractivity contribution is 5.89. The Kier molecular flexibility index (Phi) is 4.67. The Hall–Kier alpha value is -1.82. The molecule has 1 fully saturated rings. The molecule has 1 saturated heterocycles. The van der Waals surface area contributed by atoms with Gasteiger partial charge in [-0.05, 0) is 32.4 Å². The van der Waals surface area contributed by atoms with Gasteiger partial charge in [0.1, 0.15) is 11.6 Å². The Labute approximate surface area is 124 Å². The normalized spacial score (nSPS) is 19.4. The van der Waals surface area contributed by atoms with Crippen LogP contribution in [0.2, 0.25) is 0 Å². The summed E-state index contributed by atoms with van der Waals surface area (Å²) >= 11 is 0. The summed E-state index contributed by atoms with van der Waals surface area (Å²) in [5.41, 5.74) is 0.197. The lowest BCUT2D eigenvalue weighted by Crippen LogP contribution is -2.54. The van der Waals surface area contributed by atoms with E-state index in [4.69, 9.17) is 13.9 Å². The molecule has 6 nitrogen and oxygen atoms in total. The number of morpholine rings is 1. The topological polar surface area (TPSA) is 69.0 Å². The van der Waals surface area contributed by atoms with Crippen LogP contribution in [0.3, 0.4) is 0 Å². The third kappa shape index (κ3) is 4.32. The standard InChI is InChI=1S/C15H21NO5/c1-15(2,3)21-14(18)16-5-7-20-10-12(16)13(17)8-11-4-6-19-9-11/h4,6,9,12H,5,7-8,10H2,1-3H3. The molecule has 0 radical (unpaired) electrons. The largest absolute Gasteiger partial charge is 0.472 e. The number of hydrogen-bond donors (Lipinski definition) is 0. The molecule has 1 aliphatic heterocycles. The highest BCUT2D eigenvalue weighted by Crippen LogP contribution is 2.16. The number of furan rings is 1. The minimum absolute atomic E-state index is 0.0815. The smallest absolute Gasteiger partial charge is 0.411 e. The van der Waals surface area contributed by atoms with Crippen LogP contribution in [0.1, 0.15) is 26.3 Å². The first-order chi connectivity index (χ1) is 9.87. The van der Waals surface area contributed by atoms with Gasteiger partial charge in [0, 0.05) is 13.0 Å². The summed E-state index contributed by atoms with van der Waals surface area (Å²) in [6, 6.07) is 1.13. The van der Waals surface area contributed by atoms with Crippen LogP contribution in [0, 0.1) is 0 Å². The average Bonchev–Trinajstić information content (AvgIpc) is 2.89. The van der Waals surface area contributed by atoms with E-state index in [1.807, 2.05) is 0 Å². The van der Waals surface area contributed by atoms with Crippen molar-refractivity contribution in [1.82, 2.24) is 4.90 Å². The SMILES string of the molecule is CC(C)(C)OC(=O)N1CCOCC1C(=O)Cc1ccoc1. The first kappa shape index (κ1) is 15.6. The summed E-state index contributed by atoms with van der Waals surface area (Å²) in [6.45, 7) is 6.37. The second-order valence-electron chi connectivity index (χ2n) is 6.04. The van der Waals surface area contributed by atoms with Crippen molar-refractivity contribution in [1.29, 1.82) is 0 Å². The fourth-order valence-corrected chi connectivity index (χ4v) is 2.12. The van der Waals surface area contributed by atoms with Gasteiger partial charge in [-0.3, -0.25) is 9.69 Å². The van der Waals surface area contributed by atoms with E-state index in [2.05, 4.69) is 0 Å². The highest BCUT2D eigenvalue weighted by Gasteiger charge is 2.35. The molecule has 0 spiro atoms. The van der Waals surface area contributed by atoms with Crippen molar-refractivity contribution < 1.29 is 23.5 Å². The minimum atomic E-state index is -0.608. The molecule has 2 heterocycles. The molecular weight excluding hydrogens is 274 g/mol. The van der Waals surface area contributed by atoms with Gasteiger partial charge < -0.3 is 13.9 Å². The quantitative estimate of drug-likeness (QED) is 0.853. The number of amides is 1. The maximum absolute atomic E-state index is 12.4. The molecular formula is C15H21NO5. The van der Waals surface area contributed by atoms with Gasteiger partial charge in [0.2, 0.25) is 0 Å². The average molecular weight is 295 g/mol. The Morgan fingerprint density at radius 2 is 2.19 bits per heavy atom. The fraction of sp³-hybridized carbons (Fsp3) is 0.600. The minimum Gasteiger partial charge on any atom is -0.472 e. The van der Waals surface area contributed by atoms with E-state index in [0.717, 1.165) is 5.56 Å². The van der Waals surface area contributed by atoms with Crippen LogP contribution in [0.4, 0.5) is 4.79 Å². The zero-order valence-electron chi connectivity index (χ0n) is 12.6. The lowest BCUT2D eigenvalue weighted by Gasteiger charge is -2.35. The van der Waals surface area contributed by atoms with Crippen LogP contribution < -0.4 is 0 Å². The van der Waals surface area contributed by atoms with Gasteiger partial charge in [0.15, 0.2) is 5.78 Å². The molecule has 0 aromatic carbocycles. The number of hydrogen-bond acceptors (Lipinski definition) is 5. The summed E-state index contributed by atoms with van der Waals surface area (Å²) in [4.78, 5) is 26.0. The van der Waals surface area contributed by atoms with E-state index in [1.54, 1.807) is 26.8 Å². The van der Waals surface area contributed by atoms with Gasteiger partial charge >= 0.3 is 6.09 Å². The maximum Gasteiger partial charge on any atom is 0.411 e. The van der Waals surface area contributed by atoms with Crippen LogP contribution >= 0.6 is 0 Å². The number of nitrogens with zero attached hydrogens (tertiary/aromatic N) is 1. The molecule has 0 aliphatic carbocycles. The molecule has 2 rings (SSSR count). The summed E-state index contributed by atoms with van der Waals surface area (Å²) < 4.78 is 15.6. The fourth-order valence-electron chi connectivity index (χ4n) is 2.12. The van der Waals surface area contributed by atoms with E-state index < -0.39 is 17.7 Å². The van der Waals surface area contributed by atoms with E-state index in [1.165, 1.54) is 17.4 Å². The first-order valence-corrected chi connectivity index (χ1v) is 6.98. The summed E-state index contributed by atoms with van der Waals surface area (Å²) in [6.07, 6.45) is 2.78. The zero-order chi connectivity index (χ0) is 15.5. The lowest BCUT2D eigenvalue weighted by atomic mass is 10.0. The van der Waals surface area contributed by atoms with Crippen molar-refractivity contribution in [3.63, 3.8) is 0 Å². The predicted molar refractivity (Wildman–Crippen MR) is 75.0 cm³/mol.